The second-order valence-electron chi connectivity index (χ2n) is 10.3. The van der Waals surface area contributed by atoms with Crippen molar-refractivity contribution in [3.8, 4) is 17.2 Å². The number of carbonyl (C=O) groups is 2. The Labute approximate surface area is 232 Å². The van der Waals surface area contributed by atoms with Crippen LogP contribution >= 0.6 is 0 Å². The summed E-state index contributed by atoms with van der Waals surface area (Å²) >= 11 is 0. The Hall–Kier alpha value is -3.30. The smallest absolute Gasteiger partial charge is 0.414 e. The molecule has 9 nitrogen and oxygen atoms in total. The minimum absolute atomic E-state index is 0.0175. The Morgan fingerprint density at radius 2 is 1.64 bits per heavy atom. The van der Waals surface area contributed by atoms with Crippen molar-refractivity contribution in [1.29, 1.82) is 0 Å². The van der Waals surface area contributed by atoms with Gasteiger partial charge >= 0.3 is 6.09 Å². The number of benzene rings is 2. The summed E-state index contributed by atoms with van der Waals surface area (Å²) < 4.78 is 21.7. The van der Waals surface area contributed by atoms with Gasteiger partial charge in [-0.2, -0.15) is 0 Å². The molecule has 1 aliphatic rings. The van der Waals surface area contributed by atoms with E-state index < -0.39 is 6.09 Å². The SMILES string of the molecule is COCCCOc1cc(C(=O)N(C[C@@H]2CNC[C@H]2CN(C)C(=O)Oc2ccc(OC)cc2)C(C)C)ccc1C. The molecular formula is C30H43N3O6. The largest absolute Gasteiger partial charge is 0.497 e. The minimum atomic E-state index is -0.416. The first-order chi connectivity index (χ1) is 18.7. The summed E-state index contributed by atoms with van der Waals surface area (Å²) in [7, 11) is 5.00. The predicted molar refractivity (Wildman–Crippen MR) is 151 cm³/mol. The fourth-order valence-corrected chi connectivity index (χ4v) is 4.68. The van der Waals surface area contributed by atoms with E-state index in [2.05, 4.69) is 5.32 Å². The van der Waals surface area contributed by atoms with Gasteiger partial charge in [0, 0.05) is 65.0 Å². The molecule has 0 unspecified atom stereocenters. The molecule has 39 heavy (non-hydrogen) atoms. The Bertz CT molecular complexity index is 1070. The molecule has 1 aliphatic heterocycles. The van der Waals surface area contributed by atoms with E-state index in [0.29, 0.717) is 43.4 Å². The summed E-state index contributed by atoms with van der Waals surface area (Å²) in [6.07, 6.45) is 0.366. The zero-order valence-corrected chi connectivity index (χ0v) is 24.1. The van der Waals surface area contributed by atoms with E-state index in [4.69, 9.17) is 18.9 Å². The molecule has 1 N–H and O–H groups in total. The fraction of sp³-hybridized carbons (Fsp3) is 0.533. The standard InChI is InChI=1S/C30H43N3O6/c1-21(2)33(29(34)23-9-8-22(3)28(16-23)38-15-7-14-36-5)20-25-18-31-17-24(25)19-32(4)30(35)39-27-12-10-26(37-6)11-13-27/h8-13,16,21,24-25,31H,7,14-15,17-20H2,1-6H3/t24-,25-/m0/s1. The van der Waals surface area contributed by atoms with Crippen LogP contribution in [-0.2, 0) is 4.74 Å². The molecule has 2 atom stereocenters. The molecule has 3 rings (SSSR count). The molecule has 0 aliphatic carbocycles. The van der Waals surface area contributed by atoms with Gasteiger partial charge in [-0.1, -0.05) is 6.07 Å². The number of amides is 2. The molecule has 2 aromatic rings. The van der Waals surface area contributed by atoms with Gasteiger partial charge in [-0.25, -0.2) is 4.79 Å². The third-order valence-electron chi connectivity index (χ3n) is 7.07. The van der Waals surface area contributed by atoms with Gasteiger partial charge < -0.3 is 34.1 Å². The van der Waals surface area contributed by atoms with Crippen molar-refractivity contribution < 1.29 is 28.5 Å². The number of nitrogens with zero attached hydrogens (tertiary/aromatic N) is 2. The van der Waals surface area contributed by atoms with Crippen molar-refractivity contribution in [3.63, 3.8) is 0 Å². The molecule has 0 radical (unpaired) electrons. The lowest BCUT2D eigenvalue weighted by molar-refractivity contribution is 0.0652. The van der Waals surface area contributed by atoms with Gasteiger partial charge in [0.25, 0.3) is 5.91 Å². The van der Waals surface area contributed by atoms with Crippen molar-refractivity contribution in [2.75, 3.05) is 60.7 Å². The molecule has 1 saturated heterocycles. The Morgan fingerprint density at radius 3 is 2.28 bits per heavy atom. The average Bonchev–Trinajstić information content (AvgIpc) is 3.36. The molecule has 1 fully saturated rings. The number of hydrogen-bond donors (Lipinski definition) is 1. The molecular weight excluding hydrogens is 498 g/mol. The highest BCUT2D eigenvalue weighted by Crippen LogP contribution is 2.25. The molecule has 0 bridgehead atoms. The van der Waals surface area contributed by atoms with Crippen LogP contribution in [-0.4, -0.2) is 88.5 Å². The molecule has 0 aromatic heterocycles. The maximum absolute atomic E-state index is 13.6. The highest BCUT2D eigenvalue weighted by atomic mass is 16.6. The number of carbonyl (C=O) groups excluding carboxylic acids is 2. The van der Waals surface area contributed by atoms with Crippen LogP contribution in [0.1, 0.15) is 36.2 Å². The molecule has 214 valence electrons. The zero-order valence-electron chi connectivity index (χ0n) is 24.1. The number of aryl methyl sites for hydroxylation is 1. The van der Waals surface area contributed by atoms with Gasteiger partial charge in [-0.05, 0) is 74.6 Å². The molecule has 1 heterocycles. The van der Waals surface area contributed by atoms with Crippen LogP contribution in [0.5, 0.6) is 17.2 Å². The van der Waals surface area contributed by atoms with Crippen molar-refractivity contribution >= 4 is 12.0 Å². The van der Waals surface area contributed by atoms with Crippen LogP contribution in [0.2, 0.25) is 0 Å². The highest BCUT2D eigenvalue weighted by Gasteiger charge is 2.33. The molecule has 2 aromatic carbocycles. The summed E-state index contributed by atoms with van der Waals surface area (Å²) in [5, 5.41) is 3.44. The predicted octanol–water partition coefficient (Wildman–Crippen LogP) is 4.24. The van der Waals surface area contributed by atoms with Crippen LogP contribution in [0, 0.1) is 18.8 Å². The monoisotopic (exact) mass is 541 g/mol. The van der Waals surface area contributed by atoms with Crippen LogP contribution < -0.4 is 19.5 Å². The lowest BCUT2D eigenvalue weighted by Gasteiger charge is -2.32. The fourth-order valence-electron chi connectivity index (χ4n) is 4.68. The van der Waals surface area contributed by atoms with Gasteiger partial charge in [0.05, 0.1) is 13.7 Å². The number of hydrogen-bond acceptors (Lipinski definition) is 7. The summed E-state index contributed by atoms with van der Waals surface area (Å²) in [5.74, 6) is 2.24. The maximum atomic E-state index is 13.6. The highest BCUT2D eigenvalue weighted by molar-refractivity contribution is 5.95. The average molecular weight is 542 g/mol. The topological polar surface area (TPSA) is 89.6 Å². The van der Waals surface area contributed by atoms with E-state index in [0.717, 1.165) is 30.8 Å². The number of methoxy groups -OCH3 is 2. The van der Waals surface area contributed by atoms with E-state index >= 15 is 0 Å². The summed E-state index contributed by atoms with van der Waals surface area (Å²) in [4.78, 5) is 29.9. The minimum Gasteiger partial charge on any atom is -0.497 e. The first-order valence-electron chi connectivity index (χ1n) is 13.5. The maximum Gasteiger partial charge on any atom is 0.414 e. The van der Waals surface area contributed by atoms with Gasteiger partial charge in [0.2, 0.25) is 0 Å². The molecule has 0 saturated carbocycles. The van der Waals surface area contributed by atoms with Gasteiger partial charge in [0.1, 0.15) is 17.2 Å². The number of ether oxygens (including phenoxy) is 4. The first kappa shape index (κ1) is 30.2. The first-order valence-corrected chi connectivity index (χ1v) is 13.5. The third kappa shape index (κ3) is 8.60. The molecule has 9 heteroatoms. The van der Waals surface area contributed by atoms with Gasteiger partial charge in [-0.15, -0.1) is 0 Å². The Kier molecular flexibility index (Phi) is 11.4. The summed E-state index contributed by atoms with van der Waals surface area (Å²) in [6, 6.07) is 12.6. The second kappa shape index (κ2) is 14.7. The van der Waals surface area contributed by atoms with Crippen LogP contribution in [0.4, 0.5) is 4.79 Å². The normalized spacial score (nSPS) is 16.7. The van der Waals surface area contributed by atoms with Crippen molar-refractivity contribution in [3.05, 3.63) is 53.6 Å². The number of rotatable bonds is 13. The zero-order chi connectivity index (χ0) is 28.4. The number of nitrogens with one attached hydrogen (secondary N) is 1. The molecule has 0 spiro atoms. The second-order valence-corrected chi connectivity index (χ2v) is 10.3. The lowest BCUT2D eigenvalue weighted by Crippen LogP contribution is -2.44. The van der Waals surface area contributed by atoms with Crippen molar-refractivity contribution in [1.82, 2.24) is 15.1 Å². The molecule has 2 amide bonds. The van der Waals surface area contributed by atoms with E-state index in [-0.39, 0.29) is 23.8 Å². The summed E-state index contributed by atoms with van der Waals surface area (Å²) in [5.41, 5.74) is 1.60. The van der Waals surface area contributed by atoms with Gasteiger partial charge in [0.15, 0.2) is 0 Å². The van der Waals surface area contributed by atoms with E-state index in [1.165, 1.54) is 0 Å². The Balaban J connectivity index is 1.62. The van der Waals surface area contributed by atoms with Crippen LogP contribution in [0.15, 0.2) is 42.5 Å². The summed E-state index contributed by atoms with van der Waals surface area (Å²) in [6.45, 7) is 9.87. The van der Waals surface area contributed by atoms with E-state index in [1.807, 2.05) is 43.9 Å². The van der Waals surface area contributed by atoms with Crippen molar-refractivity contribution in [2.24, 2.45) is 11.8 Å². The third-order valence-corrected chi connectivity index (χ3v) is 7.07. The van der Waals surface area contributed by atoms with E-state index in [9.17, 15) is 9.59 Å². The quantitative estimate of drug-likeness (QED) is 0.380. The van der Waals surface area contributed by atoms with Crippen LogP contribution in [0.25, 0.3) is 0 Å². The van der Waals surface area contributed by atoms with E-state index in [1.54, 1.807) is 50.4 Å². The van der Waals surface area contributed by atoms with Crippen molar-refractivity contribution in [2.45, 2.75) is 33.2 Å². The van der Waals surface area contributed by atoms with Gasteiger partial charge in [-0.3, -0.25) is 4.79 Å². The lowest BCUT2D eigenvalue weighted by atomic mass is 9.94. The Morgan fingerprint density at radius 1 is 0.974 bits per heavy atom. The van der Waals surface area contributed by atoms with Crippen LogP contribution in [0.3, 0.4) is 0 Å².